The van der Waals surface area contributed by atoms with Crippen LogP contribution in [0.15, 0.2) is 23.1 Å². The van der Waals surface area contributed by atoms with E-state index in [2.05, 4.69) is 0 Å². The first-order valence-corrected chi connectivity index (χ1v) is 7.15. The molecular weight excluding hydrogens is 252 g/mol. The van der Waals surface area contributed by atoms with E-state index >= 15 is 0 Å². The van der Waals surface area contributed by atoms with Crippen LogP contribution in [-0.4, -0.2) is 40.0 Å². The molecule has 0 aliphatic carbocycles. The Labute approximate surface area is 109 Å². The summed E-state index contributed by atoms with van der Waals surface area (Å²) in [5, 5.41) is 0. The molecule has 0 aromatic heterocycles. The molecule has 0 saturated carbocycles. The van der Waals surface area contributed by atoms with Crippen molar-refractivity contribution in [1.29, 1.82) is 0 Å². The van der Waals surface area contributed by atoms with Crippen molar-refractivity contribution in [2.45, 2.75) is 18.2 Å². The van der Waals surface area contributed by atoms with Crippen molar-refractivity contribution < 1.29 is 13.2 Å². The smallest absolute Gasteiger partial charge is 0.243 e. The average molecular weight is 272 g/mol. The van der Waals surface area contributed by atoms with Crippen molar-refractivity contribution in [3.05, 3.63) is 23.8 Å². The van der Waals surface area contributed by atoms with Gasteiger partial charge in [-0.15, -0.1) is 0 Å². The maximum atomic E-state index is 12.3. The number of sulfonamides is 1. The van der Waals surface area contributed by atoms with E-state index in [4.69, 9.17) is 10.5 Å². The summed E-state index contributed by atoms with van der Waals surface area (Å²) >= 11 is 0. The molecule has 2 N–H and O–H groups in total. The van der Waals surface area contributed by atoms with Gasteiger partial charge in [-0.3, -0.25) is 0 Å². The molecule has 0 fully saturated rings. The predicted octanol–water partition coefficient (Wildman–Crippen LogP) is 1.23. The van der Waals surface area contributed by atoms with Gasteiger partial charge in [-0.25, -0.2) is 12.7 Å². The molecule has 102 valence electrons. The van der Waals surface area contributed by atoms with Crippen molar-refractivity contribution in [2.24, 2.45) is 0 Å². The van der Waals surface area contributed by atoms with Crippen LogP contribution in [0.5, 0.6) is 0 Å². The highest BCUT2D eigenvalue weighted by Gasteiger charge is 2.22. The van der Waals surface area contributed by atoms with Crippen molar-refractivity contribution in [1.82, 2.24) is 4.31 Å². The molecule has 1 aromatic carbocycles. The Kier molecular flexibility index (Phi) is 5.13. The first-order valence-electron chi connectivity index (χ1n) is 5.71. The minimum absolute atomic E-state index is 0.266. The van der Waals surface area contributed by atoms with Crippen LogP contribution in [0.1, 0.15) is 12.0 Å². The van der Waals surface area contributed by atoms with Gasteiger partial charge in [0.2, 0.25) is 10.0 Å². The third kappa shape index (κ3) is 3.44. The summed E-state index contributed by atoms with van der Waals surface area (Å²) in [5.74, 6) is 0. The number of methoxy groups -OCH3 is 1. The summed E-state index contributed by atoms with van der Waals surface area (Å²) in [6.45, 7) is 2.72. The number of aryl methyl sites for hydroxylation is 1. The normalized spacial score (nSPS) is 12.0. The van der Waals surface area contributed by atoms with Crippen LogP contribution in [0, 0.1) is 6.92 Å². The van der Waals surface area contributed by atoms with Gasteiger partial charge in [-0.2, -0.15) is 0 Å². The van der Waals surface area contributed by atoms with Crippen molar-refractivity contribution >= 4 is 15.7 Å². The van der Waals surface area contributed by atoms with Gasteiger partial charge in [0, 0.05) is 33.0 Å². The molecule has 0 atom stereocenters. The second-order valence-corrected chi connectivity index (χ2v) is 6.21. The summed E-state index contributed by atoms with van der Waals surface area (Å²) in [4.78, 5) is 0.266. The molecule has 0 aliphatic heterocycles. The highest BCUT2D eigenvalue weighted by atomic mass is 32.2. The number of ether oxygens (including phenoxy) is 1. The molecule has 1 aromatic rings. The molecule has 5 nitrogen and oxygen atoms in total. The average Bonchev–Trinajstić information content (AvgIpc) is 2.32. The van der Waals surface area contributed by atoms with E-state index in [1.54, 1.807) is 33.2 Å². The van der Waals surface area contributed by atoms with Gasteiger partial charge < -0.3 is 10.5 Å². The molecule has 0 radical (unpaired) electrons. The standard InChI is InChI=1S/C12H20N2O3S/c1-10-5-6-11(13)9-12(10)18(15,16)14(2)7-4-8-17-3/h5-6,9H,4,7-8,13H2,1-3H3. The summed E-state index contributed by atoms with van der Waals surface area (Å²) < 4.78 is 30.9. The second-order valence-electron chi connectivity index (χ2n) is 4.20. The molecular formula is C12H20N2O3S. The Morgan fingerprint density at radius 3 is 2.67 bits per heavy atom. The van der Waals surface area contributed by atoms with E-state index in [9.17, 15) is 8.42 Å². The number of rotatable bonds is 6. The molecule has 0 unspecified atom stereocenters. The molecule has 0 bridgehead atoms. The number of hydrogen-bond acceptors (Lipinski definition) is 4. The van der Waals surface area contributed by atoms with Crippen LogP contribution >= 0.6 is 0 Å². The van der Waals surface area contributed by atoms with E-state index in [0.717, 1.165) is 0 Å². The fraction of sp³-hybridized carbons (Fsp3) is 0.500. The number of nitrogens with zero attached hydrogens (tertiary/aromatic N) is 1. The van der Waals surface area contributed by atoms with E-state index in [0.29, 0.717) is 30.8 Å². The monoisotopic (exact) mass is 272 g/mol. The molecule has 0 aliphatic rings. The lowest BCUT2D eigenvalue weighted by Gasteiger charge is -2.18. The van der Waals surface area contributed by atoms with Gasteiger partial charge in [-0.05, 0) is 31.0 Å². The Bertz CT molecular complexity index is 500. The van der Waals surface area contributed by atoms with Crippen molar-refractivity contribution in [2.75, 3.05) is 33.0 Å². The van der Waals surface area contributed by atoms with Gasteiger partial charge in [0.1, 0.15) is 0 Å². The zero-order valence-corrected chi connectivity index (χ0v) is 11.8. The van der Waals surface area contributed by atoms with Gasteiger partial charge in [0.05, 0.1) is 4.90 Å². The van der Waals surface area contributed by atoms with Crippen LogP contribution in [0.2, 0.25) is 0 Å². The highest BCUT2D eigenvalue weighted by Crippen LogP contribution is 2.21. The van der Waals surface area contributed by atoms with E-state index < -0.39 is 10.0 Å². The molecule has 0 amide bonds. The van der Waals surface area contributed by atoms with E-state index in [1.807, 2.05) is 0 Å². The molecule has 0 saturated heterocycles. The SMILES string of the molecule is COCCCN(C)S(=O)(=O)c1cc(N)ccc1C. The maximum Gasteiger partial charge on any atom is 0.243 e. The molecule has 0 spiro atoms. The van der Waals surface area contributed by atoms with E-state index in [-0.39, 0.29) is 4.90 Å². The summed E-state index contributed by atoms with van der Waals surface area (Å²) in [6, 6.07) is 4.90. The Morgan fingerprint density at radius 1 is 1.39 bits per heavy atom. The maximum absolute atomic E-state index is 12.3. The van der Waals surface area contributed by atoms with Gasteiger partial charge in [0.25, 0.3) is 0 Å². The quantitative estimate of drug-likeness (QED) is 0.624. The van der Waals surface area contributed by atoms with Crippen molar-refractivity contribution in [3.8, 4) is 0 Å². The van der Waals surface area contributed by atoms with Gasteiger partial charge in [-0.1, -0.05) is 6.07 Å². The molecule has 6 heteroatoms. The Morgan fingerprint density at radius 2 is 2.06 bits per heavy atom. The molecule has 18 heavy (non-hydrogen) atoms. The first kappa shape index (κ1) is 14.9. The zero-order valence-electron chi connectivity index (χ0n) is 11.0. The van der Waals surface area contributed by atoms with Crippen molar-refractivity contribution in [3.63, 3.8) is 0 Å². The van der Waals surface area contributed by atoms with E-state index in [1.165, 1.54) is 10.4 Å². The zero-order chi connectivity index (χ0) is 13.8. The van der Waals surface area contributed by atoms with Crippen LogP contribution in [-0.2, 0) is 14.8 Å². The van der Waals surface area contributed by atoms with Crippen LogP contribution in [0.25, 0.3) is 0 Å². The summed E-state index contributed by atoms with van der Waals surface area (Å²) in [6.07, 6.45) is 0.660. The minimum Gasteiger partial charge on any atom is -0.399 e. The fourth-order valence-corrected chi connectivity index (χ4v) is 3.08. The minimum atomic E-state index is -3.47. The number of nitrogen functional groups attached to an aromatic ring is 1. The number of benzene rings is 1. The molecule has 0 heterocycles. The van der Waals surface area contributed by atoms with Crippen LogP contribution in [0.3, 0.4) is 0 Å². The Hall–Kier alpha value is -1.11. The van der Waals surface area contributed by atoms with Crippen LogP contribution in [0.4, 0.5) is 5.69 Å². The summed E-state index contributed by atoms with van der Waals surface area (Å²) in [7, 11) is -0.318. The summed E-state index contributed by atoms with van der Waals surface area (Å²) in [5.41, 5.74) is 6.79. The lowest BCUT2D eigenvalue weighted by atomic mass is 10.2. The Balaban J connectivity index is 2.95. The topological polar surface area (TPSA) is 72.6 Å². The predicted molar refractivity (Wildman–Crippen MR) is 71.9 cm³/mol. The fourth-order valence-electron chi connectivity index (χ4n) is 1.61. The largest absolute Gasteiger partial charge is 0.399 e. The highest BCUT2D eigenvalue weighted by molar-refractivity contribution is 7.89. The first-order chi connectivity index (χ1) is 8.39. The lowest BCUT2D eigenvalue weighted by Crippen LogP contribution is -2.29. The third-order valence-corrected chi connectivity index (χ3v) is 4.72. The third-order valence-electron chi connectivity index (χ3n) is 2.72. The second kappa shape index (κ2) is 6.17. The van der Waals surface area contributed by atoms with Gasteiger partial charge in [0.15, 0.2) is 0 Å². The lowest BCUT2D eigenvalue weighted by molar-refractivity contribution is 0.189. The number of nitrogens with two attached hydrogens (primary N) is 1. The number of anilines is 1. The molecule has 1 rings (SSSR count). The number of hydrogen-bond donors (Lipinski definition) is 1. The van der Waals surface area contributed by atoms with Crippen LogP contribution < -0.4 is 5.73 Å². The van der Waals surface area contributed by atoms with Gasteiger partial charge >= 0.3 is 0 Å².